The molecule has 1 amide bonds. The molecule has 0 radical (unpaired) electrons. The normalized spacial score (nSPS) is 10.8. The number of thiocarbonyl (C=S) groups is 1. The Labute approximate surface area is 230 Å². The molecule has 4 rings (SSSR count). The number of hydrazine groups is 1. The molecule has 36 heavy (non-hydrogen) atoms. The van der Waals surface area contributed by atoms with Crippen molar-refractivity contribution in [1.82, 2.24) is 26.1 Å². The van der Waals surface area contributed by atoms with Crippen molar-refractivity contribution in [1.29, 1.82) is 0 Å². The molecule has 3 N–H and O–H groups in total. The maximum absolute atomic E-state index is 12.1. The van der Waals surface area contributed by atoms with Crippen molar-refractivity contribution in [3.63, 3.8) is 0 Å². The van der Waals surface area contributed by atoms with Gasteiger partial charge in [-0.2, -0.15) is 4.98 Å². The first-order valence-corrected chi connectivity index (χ1v) is 12.9. The lowest BCUT2D eigenvalue weighted by atomic mass is 10.1. The number of nitrogens with zero attached hydrogens (tertiary/aromatic N) is 3. The van der Waals surface area contributed by atoms with Gasteiger partial charge in [0.05, 0.1) is 21.6 Å². The second-order valence-electron chi connectivity index (χ2n) is 7.21. The van der Waals surface area contributed by atoms with Crippen LogP contribution in [0.4, 0.5) is 5.69 Å². The minimum absolute atomic E-state index is 0.128. The molecule has 2 aromatic heterocycles. The number of nitrogens with one attached hydrogen (secondary N) is 3. The molecule has 0 fully saturated rings. The minimum atomic E-state index is -0.288. The second kappa shape index (κ2) is 11.9. The van der Waals surface area contributed by atoms with E-state index >= 15 is 0 Å². The zero-order chi connectivity index (χ0) is 25.7. The van der Waals surface area contributed by atoms with Crippen LogP contribution in [0.1, 0.15) is 11.6 Å². The molecule has 0 saturated carbocycles. The van der Waals surface area contributed by atoms with E-state index in [4.69, 9.17) is 56.1 Å². The Morgan fingerprint density at radius 1 is 1.03 bits per heavy atom. The van der Waals surface area contributed by atoms with Gasteiger partial charge in [0, 0.05) is 16.3 Å². The van der Waals surface area contributed by atoms with E-state index in [9.17, 15) is 4.79 Å². The Kier molecular flexibility index (Phi) is 8.70. The number of hydrogen-bond acceptors (Lipinski definition) is 8. The summed E-state index contributed by atoms with van der Waals surface area (Å²) < 4.78 is 10.8. The highest BCUT2D eigenvalue weighted by Gasteiger charge is 2.25. The van der Waals surface area contributed by atoms with Crippen molar-refractivity contribution < 1.29 is 13.8 Å². The maximum atomic E-state index is 12.1. The van der Waals surface area contributed by atoms with Gasteiger partial charge in [0.25, 0.3) is 5.89 Å². The number of halogens is 3. The van der Waals surface area contributed by atoms with E-state index in [0.29, 0.717) is 54.9 Å². The van der Waals surface area contributed by atoms with Crippen LogP contribution in [0.25, 0.3) is 22.7 Å². The Balaban J connectivity index is 1.31. The van der Waals surface area contributed by atoms with Crippen molar-refractivity contribution in [2.24, 2.45) is 0 Å². The molecule has 186 valence electrons. The van der Waals surface area contributed by atoms with Gasteiger partial charge >= 0.3 is 0 Å². The number of aryl methyl sites for hydroxylation is 1. The Hall–Kier alpha value is -2.83. The topological polar surface area (TPSA) is 118 Å². The van der Waals surface area contributed by atoms with Gasteiger partial charge in [-0.15, -0.1) is 11.8 Å². The molecule has 2 aromatic carbocycles. The second-order valence-corrected chi connectivity index (χ2v) is 9.85. The van der Waals surface area contributed by atoms with Crippen LogP contribution >= 0.6 is 58.8 Å². The van der Waals surface area contributed by atoms with Gasteiger partial charge in [0.2, 0.25) is 5.91 Å². The summed E-state index contributed by atoms with van der Waals surface area (Å²) >= 11 is 25.0. The molecular weight excluding hydrogens is 567 g/mol. The maximum Gasteiger partial charge on any atom is 0.263 e. The molecule has 0 aliphatic heterocycles. The van der Waals surface area contributed by atoms with Crippen LogP contribution in [0.5, 0.6) is 0 Å². The van der Waals surface area contributed by atoms with E-state index in [0.717, 1.165) is 0 Å². The van der Waals surface area contributed by atoms with Gasteiger partial charge < -0.3 is 14.4 Å². The number of rotatable bonds is 7. The fraction of sp³-hybridized carbons (Fsp3) is 0.136. The fourth-order valence-electron chi connectivity index (χ4n) is 3.06. The van der Waals surface area contributed by atoms with Crippen molar-refractivity contribution in [3.05, 3.63) is 69.1 Å². The highest BCUT2D eigenvalue weighted by atomic mass is 35.5. The van der Waals surface area contributed by atoms with E-state index in [-0.39, 0.29) is 22.7 Å². The van der Waals surface area contributed by atoms with Gasteiger partial charge in [0.15, 0.2) is 10.9 Å². The number of hydrogen-bond donors (Lipinski definition) is 3. The lowest BCUT2D eigenvalue weighted by molar-refractivity contribution is -0.119. The number of amides is 1. The summed E-state index contributed by atoms with van der Waals surface area (Å²) in [5.41, 5.74) is 7.25. The number of carbonyl (C=O) groups is 1. The Morgan fingerprint density at radius 2 is 1.78 bits per heavy atom. The molecule has 0 atom stereocenters. The third-order valence-electron chi connectivity index (χ3n) is 4.61. The van der Waals surface area contributed by atoms with Crippen molar-refractivity contribution in [2.75, 3.05) is 11.1 Å². The summed E-state index contributed by atoms with van der Waals surface area (Å²) in [5.74, 6) is 1.24. The molecule has 0 aliphatic carbocycles. The third kappa shape index (κ3) is 6.48. The fourth-order valence-corrected chi connectivity index (χ4v) is 4.65. The SMILES string of the molecule is Cc1onc(-c2c(Cl)cccc2Cl)c1-c1nc(CSCC(=O)NNC(=S)Nc2cccc(Cl)c2)no1. The lowest BCUT2D eigenvalue weighted by Crippen LogP contribution is -2.44. The van der Waals surface area contributed by atoms with Crippen LogP contribution in [0.2, 0.25) is 15.1 Å². The summed E-state index contributed by atoms with van der Waals surface area (Å²) in [6.07, 6.45) is 0. The predicted molar refractivity (Wildman–Crippen MR) is 145 cm³/mol. The quantitative estimate of drug-likeness (QED) is 0.179. The highest BCUT2D eigenvalue weighted by Crippen LogP contribution is 2.40. The van der Waals surface area contributed by atoms with E-state index < -0.39 is 0 Å². The van der Waals surface area contributed by atoms with Gasteiger partial charge in [-0.1, -0.05) is 57.2 Å². The number of carbonyl (C=O) groups excluding carboxylic acids is 1. The van der Waals surface area contributed by atoms with E-state index in [1.165, 1.54) is 11.8 Å². The lowest BCUT2D eigenvalue weighted by Gasteiger charge is -2.11. The average molecular weight is 584 g/mol. The zero-order valence-corrected chi connectivity index (χ0v) is 22.4. The average Bonchev–Trinajstić information content (AvgIpc) is 3.44. The molecule has 0 bridgehead atoms. The van der Waals surface area contributed by atoms with Crippen LogP contribution in [0.3, 0.4) is 0 Å². The smallest absolute Gasteiger partial charge is 0.263 e. The summed E-state index contributed by atoms with van der Waals surface area (Å²) in [7, 11) is 0. The van der Waals surface area contributed by atoms with Crippen molar-refractivity contribution in [2.45, 2.75) is 12.7 Å². The minimum Gasteiger partial charge on any atom is -0.360 e. The monoisotopic (exact) mass is 582 g/mol. The molecular formula is C22H17Cl3N6O3S2. The summed E-state index contributed by atoms with van der Waals surface area (Å²) in [4.78, 5) is 16.5. The first-order chi connectivity index (χ1) is 17.3. The largest absolute Gasteiger partial charge is 0.360 e. The van der Waals surface area contributed by atoms with Crippen LogP contribution in [-0.4, -0.2) is 32.1 Å². The van der Waals surface area contributed by atoms with Crippen molar-refractivity contribution >= 4 is 75.5 Å². The molecule has 0 aliphatic rings. The number of anilines is 1. The first-order valence-electron chi connectivity index (χ1n) is 10.2. The van der Waals surface area contributed by atoms with Crippen LogP contribution in [0, 0.1) is 6.92 Å². The molecule has 2 heterocycles. The molecule has 0 saturated heterocycles. The van der Waals surface area contributed by atoms with Crippen molar-refractivity contribution in [3.8, 4) is 22.7 Å². The van der Waals surface area contributed by atoms with Gasteiger partial charge in [-0.25, -0.2) is 0 Å². The third-order valence-corrected chi connectivity index (χ3v) is 6.60. The summed E-state index contributed by atoms with van der Waals surface area (Å²) in [6.45, 7) is 1.72. The van der Waals surface area contributed by atoms with E-state index in [1.54, 1.807) is 49.4 Å². The Morgan fingerprint density at radius 3 is 2.53 bits per heavy atom. The highest BCUT2D eigenvalue weighted by molar-refractivity contribution is 7.99. The number of thioether (sulfide) groups is 1. The number of aromatic nitrogens is 3. The first kappa shape index (κ1) is 26.2. The van der Waals surface area contributed by atoms with E-state index in [1.807, 2.05) is 0 Å². The molecule has 9 nitrogen and oxygen atoms in total. The van der Waals surface area contributed by atoms with Gasteiger partial charge in [-0.05, 0) is 49.5 Å². The molecule has 4 aromatic rings. The summed E-state index contributed by atoms with van der Waals surface area (Å²) in [6, 6.07) is 12.2. The standard InChI is InChI=1S/C22H17Cl3N6O3S2/c1-11-18(20(31-33-11)19-14(24)6-3-7-15(19)25)21-27-16(30-34-21)9-36-10-17(32)28-29-22(35)26-13-5-2-4-12(23)8-13/h2-8H,9-10H2,1H3,(H,28,32)(H2,26,29,35). The number of benzene rings is 2. The predicted octanol–water partition coefficient (Wildman–Crippen LogP) is 5.91. The Bertz CT molecular complexity index is 1390. The summed E-state index contributed by atoms with van der Waals surface area (Å²) in [5, 5.41) is 12.6. The van der Waals surface area contributed by atoms with Crippen LogP contribution in [0.15, 0.2) is 51.5 Å². The van der Waals surface area contributed by atoms with E-state index in [2.05, 4.69) is 31.5 Å². The molecule has 0 spiro atoms. The molecule has 0 unspecified atom stereocenters. The van der Waals surface area contributed by atoms with Crippen LogP contribution in [-0.2, 0) is 10.5 Å². The molecule has 14 heteroatoms. The zero-order valence-electron chi connectivity index (χ0n) is 18.5. The van der Waals surface area contributed by atoms with Gasteiger partial charge in [0.1, 0.15) is 17.0 Å². The van der Waals surface area contributed by atoms with Crippen LogP contribution < -0.4 is 16.2 Å². The van der Waals surface area contributed by atoms with Gasteiger partial charge in [-0.3, -0.25) is 15.6 Å².